The van der Waals surface area contributed by atoms with E-state index < -0.39 is 5.97 Å². The fourth-order valence-corrected chi connectivity index (χ4v) is 4.40. The quantitative estimate of drug-likeness (QED) is 0.434. The second-order valence-corrected chi connectivity index (χ2v) is 8.69. The summed E-state index contributed by atoms with van der Waals surface area (Å²) in [5.41, 5.74) is 3.02. The van der Waals surface area contributed by atoms with Crippen LogP contribution in [0.2, 0.25) is 0 Å². The van der Waals surface area contributed by atoms with E-state index in [0.717, 1.165) is 11.1 Å². The summed E-state index contributed by atoms with van der Waals surface area (Å²) in [5.74, 6) is 0.0811. The number of hydrogen-bond acceptors (Lipinski definition) is 6. The minimum atomic E-state index is -0.891. The van der Waals surface area contributed by atoms with E-state index in [4.69, 9.17) is 26.8 Å². The number of carbonyl (C=O) groups excluding carboxylic acids is 1. The van der Waals surface area contributed by atoms with Gasteiger partial charge in [-0.3, -0.25) is 14.5 Å². The SMILES string of the molecule is COc1cc(/C=C2/SC(=S)N(CCCC(=O)O)C2=O)ccc1OCc1cccc(C)c1. The topological polar surface area (TPSA) is 76.1 Å². The van der Waals surface area contributed by atoms with Crippen molar-refractivity contribution in [2.75, 3.05) is 13.7 Å². The zero-order valence-electron chi connectivity index (χ0n) is 17.3. The van der Waals surface area contributed by atoms with Crippen molar-refractivity contribution in [1.29, 1.82) is 0 Å². The summed E-state index contributed by atoms with van der Waals surface area (Å²) in [7, 11) is 1.57. The van der Waals surface area contributed by atoms with Crippen LogP contribution in [0, 0.1) is 6.92 Å². The largest absolute Gasteiger partial charge is 0.493 e. The third kappa shape index (κ3) is 6.08. The maximum atomic E-state index is 12.7. The minimum Gasteiger partial charge on any atom is -0.493 e. The van der Waals surface area contributed by atoms with Crippen molar-refractivity contribution in [3.05, 3.63) is 64.1 Å². The molecule has 2 aromatic rings. The van der Waals surface area contributed by atoms with Crippen molar-refractivity contribution in [1.82, 2.24) is 4.90 Å². The molecule has 162 valence electrons. The number of methoxy groups -OCH3 is 1. The summed E-state index contributed by atoms with van der Waals surface area (Å²) < 4.78 is 11.8. The summed E-state index contributed by atoms with van der Waals surface area (Å²) >= 11 is 6.50. The molecule has 1 N–H and O–H groups in total. The molecule has 1 saturated heterocycles. The number of amides is 1. The number of carbonyl (C=O) groups is 2. The van der Waals surface area contributed by atoms with E-state index in [-0.39, 0.29) is 12.3 Å². The number of thiocarbonyl (C=S) groups is 1. The zero-order valence-corrected chi connectivity index (χ0v) is 18.9. The first-order valence-electron chi connectivity index (χ1n) is 9.71. The predicted octanol–water partition coefficient (Wildman–Crippen LogP) is 4.65. The van der Waals surface area contributed by atoms with E-state index in [9.17, 15) is 9.59 Å². The van der Waals surface area contributed by atoms with Crippen molar-refractivity contribution >= 4 is 46.3 Å². The minimum absolute atomic E-state index is 0.00266. The maximum absolute atomic E-state index is 12.7. The Balaban J connectivity index is 1.70. The van der Waals surface area contributed by atoms with E-state index >= 15 is 0 Å². The Bertz CT molecular complexity index is 1030. The first-order chi connectivity index (χ1) is 14.9. The molecule has 31 heavy (non-hydrogen) atoms. The Morgan fingerprint density at radius 3 is 2.74 bits per heavy atom. The number of carboxylic acid groups (broad SMARTS) is 1. The standard InChI is InChI=1S/C23H23NO5S2/c1-15-5-3-6-17(11-15)14-29-18-9-8-16(12-19(18)28-2)13-20-22(27)24(23(30)31-20)10-4-7-21(25)26/h3,5-6,8-9,11-13H,4,7,10,14H2,1-2H3,(H,25,26)/b20-13+. The second-order valence-electron chi connectivity index (χ2n) is 7.02. The van der Waals surface area contributed by atoms with Gasteiger partial charge in [-0.2, -0.15) is 0 Å². The summed E-state index contributed by atoms with van der Waals surface area (Å²) in [6, 6.07) is 13.6. The summed E-state index contributed by atoms with van der Waals surface area (Å²) in [6.45, 7) is 2.75. The lowest BCUT2D eigenvalue weighted by atomic mass is 10.1. The molecule has 0 bridgehead atoms. The average Bonchev–Trinajstić information content (AvgIpc) is 2.99. The van der Waals surface area contributed by atoms with Gasteiger partial charge in [-0.05, 0) is 42.7 Å². The van der Waals surface area contributed by atoms with Crippen LogP contribution in [0.4, 0.5) is 0 Å². The van der Waals surface area contributed by atoms with Crippen LogP contribution in [-0.2, 0) is 16.2 Å². The lowest BCUT2D eigenvalue weighted by Gasteiger charge is -2.13. The molecular weight excluding hydrogens is 434 g/mol. The van der Waals surface area contributed by atoms with E-state index in [1.54, 1.807) is 13.2 Å². The lowest BCUT2D eigenvalue weighted by Crippen LogP contribution is -2.29. The van der Waals surface area contributed by atoms with E-state index in [0.29, 0.717) is 40.3 Å². The van der Waals surface area contributed by atoms with E-state index in [1.807, 2.05) is 43.3 Å². The van der Waals surface area contributed by atoms with Crippen molar-refractivity contribution in [3.63, 3.8) is 0 Å². The van der Waals surface area contributed by atoms with Gasteiger partial charge >= 0.3 is 5.97 Å². The Morgan fingerprint density at radius 1 is 1.23 bits per heavy atom. The molecule has 0 unspecified atom stereocenters. The van der Waals surface area contributed by atoms with Crippen LogP contribution in [0.25, 0.3) is 6.08 Å². The van der Waals surface area contributed by atoms with Gasteiger partial charge in [0.25, 0.3) is 5.91 Å². The first-order valence-corrected chi connectivity index (χ1v) is 10.9. The van der Waals surface area contributed by atoms with Crippen molar-refractivity contribution in [2.24, 2.45) is 0 Å². The van der Waals surface area contributed by atoms with Gasteiger partial charge in [0.1, 0.15) is 10.9 Å². The number of ether oxygens (including phenoxy) is 2. The highest BCUT2D eigenvalue weighted by molar-refractivity contribution is 8.26. The average molecular weight is 458 g/mol. The number of thioether (sulfide) groups is 1. The summed E-state index contributed by atoms with van der Waals surface area (Å²) in [4.78, 5) is 25.3. The number of rotatable bonds is 9. The zero-order chi connectivity index (χ0) is 22.4. The molecule has 0 aliphatic carbocycles. The number of hydrogen-bond donors (Lipinski definition) is 1. The van der Waals surface area contributed by atoms with Gasteiger partial charge < -0.3 is 14.6 Å². The van der Waals surface area contributed by atoms with Gasteiger partial charge in [-0.1, -0.05) is 59.9 Å². The fraction of sp³-hybridized carbons (Fsp3) is 0.261. The molecular formula is C23H23NO5S2. The fourth-order valence-electron chi connectivity index (χ4n) is 3.09. The third-order valence-electron chi connectivity index (χ3n) is 4.61. The highest BCUT2D eigenvalue weighted by Gasteiger charge is 2.31. The molecule has 1 amide bonds. The Kier molecular flexibility index (Phi) is 7.70. The summed E-state index contributed by atoms with van der Waals surface area (Å²) in [6.07, 6.45) is 2.11. The van der Waals surface area contributed by atoms with Crippen molar-refractivity contribution < 1.29 is 24.2 Å². The Labute approximate surface area is 190 Å². The normalized spacial score (nSPS) is 14.9. The van der Waals surface area contributed by atoms with Crippen LogP contribution in [0.1, 0.15) is 29.5 Å². The van der Waals surface area contributed by atoms with Crippen LogP contribution in [0.5, 0.6) is 11.5 Å². The van der Waals surface area contributed by atoms with Crippen LogP contribution < -0.4 is 9.47 Å². The Morgan fingerprint density at radius 2 is 2.03 bits per heavy atom. The molecule has 3 rings (SSSR count). The molecule has 1 heterocycles. The molecule has 0 spiro atoms. The van der Waals surface area contributed by atoms with Crippen LogP contribution in [0.15, 0.2) is 47.4 Å². The molecule has 2 aromatic carbocycles. The molecule has 0 saturated carbocycles. The van der Waals surface area contributed by atoms with Crippen LogP contribution in [-0.4, -0.2) is 39.9 Å². The van der Waals surface area contributed by atoms with Crippen LogP contribution >= 0.6 is 24.0 Å². The molecule has 6 nitrogen and oxygen atoms in total. The van der Waals surface area contributed by atoms with E-state index in [1.165, 1.54) is 22.2 Å². The molecule has 0 radical (unpaired) electrons. The maximum Gasteiger partial charge on any atom is 0.303 e. The highest BCUT2D eigenvalue weighted by atomic mass is 32.2. The number of aliphatic carboxylic acids is 1. The van der Waals surface area contributed by atoms with Gasteiger partial charge in [-0.25, -0.2) is 0 Å². The van der Waals surface area contributed by atoms with Crippen molar-refractivity contribution in [3.8, 4) is 11.5 Å². The number of benzene rings is 2. The smallest absolute Gasteiger partial charge is 0.303 e. The van der Waals surface area contributed by atoms with Gasteiger partial charge in [0.15, 0.2) is 11.5 Å². The van der Waals surface area contributed by atoms with Gasteiger partial charge in [0.2, 0.25) is 0 Å². The molecule has 8 heteroatoms. The van der Waals surface area contributed by atoms with Crippen LogP contribution in [0.3, 0.4) is 0 Å². The Hall–Kier alpha value is -2.84. The molecule has 1 fully saturated rings. The molecule has 0 aromatic heterocycles. The number of aryl methyl sites for hydroxylation is 1. The lowest BCUT2D eigenvalue weighted by molar-refractivity contribution is -0.137. The molecule has 1 aliphatic heterocycles. The monoisotopic (exact) mass is 457 g/mol. The molecule has 0 atom stereocenters. The number of carboxylic acids is 1. The first kappa shape index (κ1) is 22.8. The molecule has 1 aliphatic rings. The van der Waals surface area contributed by atoms with Crippen molar-refractivity contribution in [2.45, 2.75) is 26.4 Å². The third-order valence-corrected chi connectivity index (χ3v) is 5.99. The number of nitrogens with zero attached hydrogens (tertiary/aromatic N) is 1. The second kappa shape index (κ2) is 10.5. The van der Waals surface area contributed by atoms with Gasteiger partial charge in [-0.15, -0.1) is 0 Å². The highest BCUT2D eigenvalue weighted by Crippen LogP contribution is 2.35. The van der Waals surface area contributed by atoms with Gasteiger partial charge in [0.05, 0.1) is 12.0 Å². The summed E-state index contributed by atoms with van der Waals surface area (Å²) in [5, 5.41) is 8.78. The predicted molar refractivity (Wildman–Crippen MR) is 125 cm³/mol. The van der Waals surface area contributed by atoms with E-state index in [2.05, 4.69) is 6.07 Å². The van der Waals surface area contributed by atoms with Gasteiger partial charge in [0, 0.05) is 13.0 Å².